The number of rotatable bonds is 7. The van der Waals surface area contributed by atoms with Gasteiger partial charge in [-0.3, -0.25) is 0 Å². The van der Waals surface area contributed by atoms with Crippen LogP contribution >= 0.6 is 15.9 Å². The molecule has 0 saturated carbocycles. The van der Waals surface area contributed by atoms with Crippen LogP contribution in [0.5, 0.6) is 0 Å². The minimum Gasteiger partial charge on any atom is -0.310 e. The third-order valence-electron chi connectivity index (χ3n) is 2.98. The number of nitrogens with one attached hydrogen (secondary N) is 1. The summed E-state index contributed by atoms with van der Waals surface area (Å²) in [7, 11) is 0. The maximum Gasteiger partial charge on any atom is 0.0208 e. The Labute approximate surface area is 108 Å². The Balaban J connectivity index is 2.40. The van der Waals surface area contributed by atoms with Crippen molar-refractivity contribution in [1.29, 1.82) is 0 Å². The van der Waals surface area contributed by atoms with Crippen molar-refractivity contribution < 1.29 is 0 Å². The zero-order valence-corrected chi connectivity index (χ0v) is 11.9. The Morgan fingerprint density at radius 1 is 1.12 bits per heavy atom. The molecule has 2 heteroatoms. The van der Waals surface area contributed by atoms with Crippen LogP contribution in [0.25, 0.3) is 0 Å². The predicted octanol–water partition coefficient (Wildman–Crippen LogP) is 3.90. The Bertz CT molecular complexity index is 281. The quantitative estimate of drug-likeness (QED) is 0.749. The zero-order valence-electron chi connectivity index (χ0n) is 10.3. The van der Waals surface area contributed by atoms with Crippen molar-refractivity contribution in [2.75, 3.05) is 5.33 Å². The third-order valence-corrected chi connectivity index (χ3v) is 3.43. The lowest BCUT2D eigenvalue weighted by Crippen LogP contribution is -2.28. The Kier molecular flexibility index (Phi) is 6.74. The fourth-order valence-corrected chi connectivity index (χ4v) is 2.29. The SMILES string of the molecule is CCc1ccc(CNC(CC)CCBr)cc1. The minimum absolute atomic E-state index is 0.630. The van der Waals surface area contributed by atoms with Crippen LogP contribution in [0.3, 0.4) is 0 Å². The summed E-state index contributed by atoms with van der Waals surface area (Å²) in [5.74, 6) is 0. The van der Waals surface area contributed by atoms with Gasteiger partial charge in [-0.25, -0.2) is 0 Å². The van der Waals surface area contributed by atoms with Crippen LogP contribution in [0.2, 0.25) is 0 Å². The molecule has 0 radical (unpaired) electrons. The highest BCUT2D eigenvalue weighted by Gasteiger charge is 2.03. The summed E-state index contributed by atoms with van der Waals surface area (Å²) in [6, 6.07) is 9.54. The van der Waals surface area contributed by atoms with E-state index in [1.165, 1.54) is 24.0 Å². The molecule has 1 atom stereocenters. The van der Waals surface area contributed by atoms with Gasteiger partial charge in [0.1, 0.15) is 0 Å². The zero-order chi connectivity index (χ0) is 11.8. The molecule has 1 unspecified atom stereocenters. The van der Waals surface area contributed by atoms with E-state index in [0.717, 1.165) is 18.3 Å². The summed E-state index contributed by atoms with van der Waals surface area (Å²) >= 11 is 3.50. The lowest BCUT2D eigenvalue weighted by atomic mass is 10.1. The van der Waals surface area contributed by atoms with Gasteiger partial charge in [-0.1, -0.05) is 54.0 Å². The minimum atomic E-state index is 0.630. The standard InChI is InChI=1S/C14H22BrN/c1-3-12-5-7-13(8-6-12)11-16-14(4-2)9-10-15/h5-8,14,16H,3-4,9-11H2,1-2H3. The maximum absolute atomic E-state index is 3.59. The van der Waals surface area contributed by atoms with Crippen molar-refractivity contribution >= 4 is 15.9 Å². The van der Waals surface area contributed by atoms with Crippen molar-refractivity contribution in [1.82, 2.24) is 5.32 Å². The fourth-order valence-electron chi connectivity index (χ4n) is 1.74. The van der Waals surface area contributed by atoms with E-state index in [2.05, 4.69) is 59.4 Å². The molecule has 1 rings (SSSR count). The number of alkyl halides is 1. The van der Waals surface area contributed by atoms with E-state index in [-0.39, 0.29) is 0 Å². The first-order valence-corrected chi connectivity index (χ1v) is 7.29. The Morgan fingerprint density at radius 2 is 1.75 bits per heavy atom. The normalized spacial score (nSPS) is 12.7. The summed E-state index contributed by atoms with van der Waals surface area (Å²) in [6.45, 7) is 5.41. The molecule has 0 spiro atoms. The first-order chi connectivity index (χ1) is 7.80. The van der Waals surface area contributed by atoms with E-state index in [0.29, 0.717) is 6.04 Å². The molecule has 0 aliphatic rings. The van der Waals surface area contributed by atoms with Crippen LogP contribution < -0.4 is 5.32 Å². The van der Waals surface area contributed by atoms with Crippen molar-refractivity contribution in [3.05, 3.63) is 35.4 Å². The van der Waals surface area contributed by atoms with Gasteiger partial charge < -0.3 is 5.32 Å². The van der Waals surface area contributed by atoms with E-state index in [9.17, 15) is 0 Å². The highest BCUT2D eigenvalue weighted by Crippen LogP contribution is 2.07. The molecule has 1 nitrogen and oxygen atoms in total. The lowest BCUT2D eigenvalue weighted by molar-refractivity contribution is 0.488. The van der Waals surface area contributed by atoms with E-state index in [1.54, 1.807) is 0 Å². The monoisotopic (exact) mass is 283 g/mol. The van der Waals surface area contributed by atoms with E-state index in [1.807, 2.05) is 0 Å². The van der Waals surface area contributed by atoms with Crippen molar-refractivity contribution in [3.8, 4) is 0 Å². The molecule has 0 aliphatic carbocycles. The topological polar surface area (TPSA) is 12.0 Å². The van der Waals surface area contributed by atoms with Crippen LogP contribution in [0.1, 0.15) is 37.8 Å². The molecule has 0 bridgehead atoms. The second-order valence-corrected chi connectivity index (χ2v) is 4.93. The van der Waals surface area contributed by atoms with Gasteiger partial charge >= 0.3 is 0 Å². The molecule has 0 heterocycles. The van der Waals surface area contributed by atoms with E-state index >= 15 is 0 Å². The lowest BCUT2D eigenvalue weighted by Gasteiger charge is -2.15. The summed E-state index contributed by atoms with van der Waals surface area (Å²) in [5, 5.41) is 4.67. The molecule has 0 aliphatic heterocycles. The van der Waals surface area contributed by atoms with Crippen molar-refractivity contribution in [2.24, 2.45) is 0 Å². The number of hydrogen-bond acceptors (Lipinski definition) is 1. The smallest absolute Gasteiger partial charge is 0.0208 e. The number of benzene rings is 1. The second-order valence-electron chi connectivity index (χ2n) is 4.13. The number of hydrogen-bond donors (Lipinski definition) is 1. The van der Waals surface area contributed by atoms with Crippen LogP contribution in [-0.2, 0) is 13.0 Å². The average molecular weight is 284 g/mol. The molecular weight excluding hydrogens is 262 g/mol. The number of aryl methyl sites for hydroxylation is 1. The van der Waals surface area contributed by atoms with Crippen molar-refractivity contribution in [2.45, 2.75) is 45.7 Å². The molecule has 0 amide bonds. The molecule has 90 valence electrons. The predicted molar refractivity (Wildman–Crippen MR) is 75.1 cm³/mol. The fraction of sp³-hybridized carbons (Fsp3) is 0.571. The highest BCUT2D eigenvalue weighted by atomic mass is 79.9. The number of halogens is 1. The van der Waals surface area contributed by atoms with Gasteiger partial charge in [-0.05, 0) is 30.4 Å². The van der Waals surface area contributed by atoms with Crippen LogP contribution in [0, 0.1) is 0 Å². The van der Waals surface area contributed by atoms with Crippen LogP contribution in [0.4, 0.5) is 0 Å². The van der Waals surface area contributed by atoms with Gasteiger partial charge in [0.2, 0.25) is 0 Å². The summed E-state index contributed by atoms with van der Waals surface area (Å²) < 4.78 is 0. The summed E-state index contributed by atoms with van der Waals surface area (Å²) in [5.41, 5.74) is 2.79. The first-order valence-electron chi connectivity index (χ1n) is 6.17. The summed E-state index contributed by atoms with van der Waals surface area (Å²) in [6.07, 6.45) is 3.51. The maximum atomic E-state index is 3.59. The van der Waals surface area contributed by atoms with E-state index < -0.39 is 0 Å². The van der Waals surface area contributed by atoms with Crippen molar-refractivity contribution in [3.63, 3.8) is 0 Å². The molecule has 1 aromatic carbocycles. The van der Waals surface area contributed by atoms with Gasteiger partial charge in [-0.15, -0.1) is 0 Å². The first kappa shape index (κ1) is 13.7. The van der Waals surface area contributed by atoms with Gasteiger partial charge in [0, 0.05) is 17.9 Å². The third kappa shape index (κ3) is 4.67. The molecule has 0 aromatic heterocycles. The Hall–Kier alpha value is -0.340. The Morgan fingerprint density at radius 3 is 2.25 bits per heavy atom. The van der Waals surface area contributed by atoms with Gasteiger partial charge in [0.25, 0.3) is 0 Å². The van der Waals surface area contributed by atoms with Crippen LogP contribution in [-0.4, -0.2) is 11.4 Å². The molecule has 0 saturated heterocycles. The van der Waals surface area contributed by atoms with Crippen LogP contribution in [0.15, 0.2) is 24.3 Å². The molecule has 1 aromatic rings. The molecule has 16 heavy (non-hydrogen) atoms. The summed E-state index contributed by atoms with van der Waals surface area (Å²) in [4.78, 5) is 0. The molecule has 0 fully saturated rings. The van der Waals surface area contributed by atoms with Gasteiger partial charge in [-0.2, -0.15) is 0 Å². The average Bonchev–Trinajstić information content (AvgIpc) is 2.35. The molecule has 1 N–H and O–H groups in total. The largest absolute Gasteiger partial charge is 0.310 e. The van der Waals surface area contributed by atoms with Gasteiger partial charge in [0.05, 0.1) is 0 Å². The van der Waals surface area contributed by atoms with E-state index in [4.69, 9.17) is 0 Å². The molecular formula is C14H22BrN. The van der Waals surface area contributed by atoms with Gasteiger partial charge in [0.15, 0.2) is 0 Å². The highest BCUT2D eigenvalue weighted by molar-refractivity contribution is 9.09. The second kappa shape index (κ2) is 7.86.